The second kappa shape index (κ2) is 8.79. The fourth-order valence-corrected chi connectivity index (χ4v) is 3.59. The highest BCUT2D eigenvalue weighted by molar-refractivity contribution is 7.89. The van der Waals surface area contributed by atoms with Crippen LogP contribution >= 0.6 is 0 Å². The van der Waals surface area contributed by atoms with E-state index in [0.717, 1.165) is 5.56 Å². The molecule has 0 spiro atoms. The quantitative estimate of drug-likeness (QED) is 0.675. The summed E-state index contributed by atoms with van der Waals surface area (Å²) in [7, 11) is -3.64. The van der Waals surface area contributed by atoms with Crippen LogP contribution in [0.4, 0.5) is 5.69 Å². The molecule has 0 saturated heterocycles. The Kier molecular flexibility index (Phi) is 6.70. The number of hydrogen-bond donors (Lipinski definition) is 3. The maximum absolute atomic E-state index is 12.5. The summed E-state index contributed by atoms with van der Waals surface area (Å²) < 4.78 is 26.7. The van der Waals surface area contributed by atoms with Gasteiger partial charge in [-0.1, -0.05) is 25.1 Å². The molecule has 144 valence electrons. The molecule has 0 aliphatic rings. The molecule has 0 aromatic heterocycles. The maximum Gasteiger partial charge on any atom is 0.251 e. The molecule has 2 aromatic rings. The molecule has 2 amide bonds. The minimum absolute atomic E-state index is 0.0488. The number of hydrogen-bond acceptors (Lipinski definition) is 4. The number of benzene rings is 2. The summed E-state index contributed by atoms with van der Waals surface area (Å²) in [6.45, 7) is 5.37. The largest absolute Gasteiger partial charge is 0.348 e. The Hall–Kier alpha value is -2.71. The second-order valence-electron chi connectivity index (χ2n) is 6.04. The molecular weight excluding hydrogens is 366 g/mol. The molecule has 3 N–H and O–H groups in total. The second-order valence-corrected chi connectivity index (χ2v) is 7.81. The molecule has 7 nitrogen and oxygen atoms in total. The van der Waals surface area contributed by atoms with Gasteiger partial charge in [0.05, 0.1) is 4.90 Å². The molecule has 0 atom stereocenters. The van der Waals surface area contributed by atoms with Crippen LogP contribution in [0.2, 0.25) is 0 Å². The van der Waals surface area contributed by atoms with Crippen LogP contribution in [-0.2, 0) is 21.4 Å². The van der Waals surface area contributed by atoms with Crippen molar-refractivity contribution in [1.82, 2.24) is 10.0 Å². The van der Waals surface area contributed by atoms with Crippen LogP contribution in [0.1, 0.15) is 35.3 Å². The molecule has 0 unspecified atom stereocenters. The van der Waals surface area contributed by atoms with E-state index in [9.17, 15) is 18.0 Å². The van der Waals surface area contributed by atoms with E-state index in [0.29, 0.717) is 16.8 Å². The lowest BCUT2D eigenvalue weighted by molar-refractivity contribution is -0.114. The molecule has 0 radical (unpaired) electrons. The summed E-state index contributed by atoms with van der Waals surface area (Å²) in [5, 5.41) is 5.46. The lowest BCUT2D eigenvalue weighted by Crippen LogP contribution is -2.26. The van der Waals surface area contributed by atoms with Crippen molar-refractivity contribution >= 4 is 27.5 Å². The van der Waals surface area contributed by atoms with Gasteiger partial charge in [0, 0.05) is 31.3 Å². The maximum atomic E-state index is 12.5. The molecule has 0 saturated carbocycles. The number of carbonyl (C=O) groups excluding carboxylic acids is 2. The summed E-state index contributed by atoms with van der Waals surface area (Å²) in [6, 6.07) is 11.6. The monoisotopic (exact) mass is 389 g/mol. The van der Waals surface area contributed by atoms with Gasteiger partial charge in [-0.2, -0.15) is 0 Å². The topological polar surface area (TPSA) is 104 Å². The van der Waals surface area contributed by atoms with Gasteiger partial charge in [0.1, 0.15) is 0 Å². The predicted molar refractivity (Wildman–Crippen MR) is 104 cm³/mol. The number of anilines is 1. The Morgan fingerprint density at radius 3 is 2.48 bits per heavy atom. The Labute approximate surface area is 159 Å². The van der Waals surface area contributed by atoms with Gasteiger partial charge in [-0.25, -0.2) is 13.1 Å². The molecule has 0 aliphatic heterocycles. The van der Waals surface area contributed by atoms with Crippen molar-refractivity contribution in [3.8, 4) is 0 Å². The van der Waals surface area contributed by atoms with Gasteiger partial charge in [-0.3, -0.25) is 9.59 Å². The molecule has 2 rings (SSSR count). The van der Waals surface area contributed by atoms with Gasteiger partial charge in [-0.05, 0) is 42.3 Å². The van der Waals surface area contributed by atoms with E-state index in [4.69, 9.17) is 0 Å². The van der Waals surface area contributed by atoms with E-state index in [1.807, 2.05) is 6.07 Å². The minimum atomic E-state index is -3.64. The van der Waals surface area contributed by atoms with Crippen molar-refractivity contribution in [1.29, 1.82) is 0 Å². The number of rotatable bonds is 7. The van der Waals surface area contributed by atoms with Gasteiger partial charge in [-0.15, -0.1) is 0 Å². The van der Waals surface area contributed by atoms with Crippen LogP contribution in [0.5, 0.6) is 0 Å². The summed E-state index contributed by atoms with van der Waals surface area (Å²) in [4.78, 5) is 23.7. The molecule has 27 heavy (non-hydrogen) atoms. The zero-order chi connectivity index (χ0) is 20.0. The Morgan fingerprint density at radius 1 is 1.07 bits per heavy atom. The van der Waals surface area contributed by atoms with Crippen LogP contribution in [0.15, 0.2) is 47.4 Å². The third-order valence-electron chi connectivity index (χ3n) is 3.80. The summed E-state index contributed by atoms with van der Waals surface area (Å²) >= 11 is 0. The Balaban J connectivity index is 2.15. The van der Waals surface area contributed by atoms with Crippen LogP contribution in [0.3, 0.4) is 0 Å². The number of nitrogens with one attached hydrogen (secondary N) is 3. The number of sulfonamides is 1. The average Bonchev–Trinajstić information content (AvgIpc) is 2.59. The van der Waals surface area contributed by atoms with Gasteiger partial charge in [0.25, 0.3) is 5.91 Å². The van der Waals surface area contributed by atoms with Crippen molar-refractivity contribution in [3.63, 3.8) is 0 Å². The zero-order valence-corrected chi connectivity index (χ0v) is 16.3. The minimum Gasteiger partial charge on any atom is -0.348 e. The number of amides is 2. The van der Waals surface area contributed by atoms with Crippen molar-refractivity contribution in [2.45, 2.75) is 32.2 Å². The number of carbonyl (C=O) groups is 2. The summed E-state index contributed by atoms with van der Waals surface area (Å²) in [5.74, 6) is -0.545. The first-order valence-electron chi connectivity index (χ1n) is 8.48. The van der Waals surface area contributed by atoms with Crippen LogP contribution < -0.4 is 15.4 Å². The number of aryl methyl sites for hydroxylation is 1. The van der Waals surface area contributed by atoms with Crippen molar-refractivity contribution in [2.75, 3.05) is 11.9 Å². The predicted octanol–water partition coefficient (Wildman–Crippen LogP) is 2.18. The highest BCUT2D eigenvalue weighted by Crippen LogP contribution is 2.16. The van der Waals surface area contributed by atoms with E-state index in [-0.39, 0.29) is 29.8 Å². The summed E-state index contributed by atoms with van der Waals surface area (Å²) in [6.07, 6.45) is 0. The highest BCUT2D eigenvalue weighted by atomic mass is 32.2. The van der Waals surface area contributed by atoms with E-state index in [1.165, 1.54) is 19.1 Å². The lowest BCUT2D eigenvalue weighted by atomic mass is 10.1. The van der Waals surface area contributed by atoms with Crippen LogP contribution in [0.25, 0.3) is 0 Å². The third kappa shape index (κ3) is 5.63. The van der Waals surface area contributed by atoms with Crippen molar-refractivity contribution in [2.24, 2.45) is 0 Å². The van der Waals surface area contributed by atoms with Crippen LogP contribution in [-0.4, -0.2) is 26.8 Å². The first-order chi connectivity index (χ1) is 12.7. The van der Waals surface area contributed by atoms with Crippen molar-refractivity contribution in [3.05, 3.63) is 59.2 Å². The van der Waals surface area contributed by atoms with E-state index in [1.54, 1.807) is 38.1 Å². The highest BCUT2D eigenvalue weighted by Gasteiger charge is 2.17. The van der Waals surface area contributed by atoms with E-state index >= 15 is 0 Å². The smallest absolute Gasteiger partial charge is 0.251 e. The van der Waals surface area contributed by atoms with Crippen molar-refractivity contribution < 1.29 is 18.0 Å². The molecule has 0 bridgehead atoms. The summed E-state index contributed by atoms with van der Waals surface area (Å²) in [5.41, 5.74) is 2.43. The zero-order valence-electron chi connectivity index (χ0n) is 15.5. The molecular formula is C19H23N3O4S. The van der Waals surface area contributed by atoms with E-state index in [2.05, 4.69) is 15.4 Å². The first kappa shape index (κ1) is 20.6. The Morgan fingerprint density at radius 2 is 1.81 bits per heavy atom. The average molecular weight is 389 g/mol. The molecule has 0 fully saturated rings. The van der Waals surface area contributed by atoms with E-state index < -0.39 is 10.0 Å². The van der Waals surface area contributed by atoms with Gasteiger partial charge < -0.3 is 10.6 Å². The molecule has 0 aliphatic carbocycles. The molecule has 0 heterocycles. The fraction of sp³-hybridized carbons (Fsp3) is 0.263. The van der Waals surface area contributed by atoms with Gasteiger partial charge in [0.2, 0.25) is 15.9 Å². The molecule has 2 aromatic carbocycles. The van der Waals surface area contributed by atoms with Gasteiger partial charge >= 0.3 is 0 Å². The lowest BCUT2D eigenvalue weighted by Gasteiger charge is -2.11. The van der Waals surface area contributed by atoms with Crippen LogP contribution in [0, 0.1) is 6.92 Å². The standard InChI is InChI=1S/C19H23N3O4S/c1-4-21-27(25,26)17-9-8-13(2)18(11-17)19(24)20-12-15-6-5-7-16(10-15)22-14(3)23/h5-11,21H,4,12H2,1-3H3,(H,20,24)(H,22,23). The Bertz CT molecular complexity index is 955. The first-order valence-corrected chi connectivity index (χ1v) is 9.96. The molecule has 8 heteroatoms. The van der Waals surface area contributed by atoms with Gasteiger partial charge in [0.15, 0.2) is 0 Å². The fourth-order valence-electron chi connectivity index (χ4n) is 2.53. The third-order valence-corrected chi connectivity index (χ3v) is 5.34. The normalized spacial score (nSPS) is 11.1. The SMILES string of the molecule is CCNS(=O)(=O)c1ccc(C)c(C(=O)NCc2cccc(NC(C)=O)c2)c1.